The summed E-state index contributed by atoms with van der Waals surface area (Å²) in [6, 6.07) is 4.36. The van der Waals surface area contributed by atoms with Gasteiger partial charge < -0.3 is 0 Å². The molecule has 0 unspecified atom stereocenters. The summed E-state index contributed by atoms with van der Waals surface area (Å²) in [5.74, 6) is -0.518. The van der Waals surface area contributed by atoms with Crippen LogP contribution >= 0.6 is 0 Å². The lowest BCUT2D eigenvalue weighted by atomic mass is 10.1. The average molecular weight is 230 g/mol. The molecule has 0 aromatic heterocycles. The molecule has 6 nitrogen and oxygen atoms in total. The minimum Gasteiger partial charge on any atom is -0.258 e. The second kappa shape index (κ2) is 3.95. The highest BCUT2D eigenvalue weighted by molar-refractivity contribution is 7.88. The molecular weight excluding hydrogens is 220 g/mol. The molecule has 7 heteroatoms. The Balaban J connectivity index is 3.32. The molecule has 0 heterocycles. The van der Waals surface area contributed by atoms with Gasteiger partial charge in [0, 0.05) is 11.6 Å². The average Bonchev–Trinajstić information content (AvgIpc) is 2.05. The molecule has 1 aromatic carbocycles. The van der Waals surface area contributed by atoms with Gasteiger partial charge in [-0.15, -0.1) is 0 Å². The minimum atomic E-state index is -3.76. The van der Waals surface area contributed by atoms with Crippen LogP contribution in [-0.2, 0) is 15.8 Å². The Labute approximate surface area is 86.9 Å². The van der Waals surface area contributed by atoms with E-state index in [1.54, 1.807) is 13.0 Å². The van der Waals surface area contributed by atoms with Gasteiger partial charge in [0.1, 0.15) is 0 Å². The third-order valence-electron chi connectivity index (χ3n) is 1.93. The fourth-order valence-corrected chi connectivity index (χ4v) is 2.02. The first-order chi connectivity index (χ1) is 6.81. The molecule has 0 radical (unpaired) electrons. The van der Waals surface area contributed by atoms with Gasteiger partial charge >= 0.3 is 0 Å². The van der Waals surface area contributed by atoms with Crippen molar-refractivity contribution in [3.8, 4) is 0 Å². The first-order valence-corrected chi connectivity index (χ1v) is 5.76. The summed E-state index contributed by atoms with van der Waals surface area (Å²) in [5.41, 5.74) is 0.465. The third-order valence-corrected chi connectivity index (χ3v) is 2.62. The van der Waals surface area contributed by atoms with Crippen molar-refractivity contribution in [3.63, 3.8) is 0 Å². The van der Waals surface area contributed by atoms with Gasteiger partial charge in [-0.3, -0.25) is 10.1 Å². The van der Waals surface area contributed by atoms with Crippen LogP contribution in [0.5, 0.6) is 0 Å². The molecule has 15 heavy (non-hydrogen) atoms. The number of nitro benzene ring substituents is 1. The first kappa shape index (κ1) is 11.6. The van der Waals surface area contributed by atoms with Gasteiger partial charge in [0.15, 0.2) is 0 Å². The number of hydrogen-bond donors (Lipinski definition) is 1. The minimum absolute atomic E-state index is 0.144. The van der Waals surface area contributed by atoms with Crippen LogP contribution in [0.25, 0.3) is 0 Å². The summed E-state index contributed by atoms with van der Waals surface area (Å²) in [6.07, 6.45) is 0. The van der Waals surface area contributed by atoms with Crippen molar-refractivity contribution in [1.29, 1.82) is 0 Å². The molecule has 0 amide bonds. The number of benzene rings is 1. The lowest BCUT2D eigenvalue weighted by molar-refractivity contribution is -0.385. The van der Waals surface area contributed by atoms with Gasteiger partial charge in [-0.25, -0.2) is 13.6 Å². The summed E-state index contributed by atoms with van der Waals surface area (Å²) in [5, 5.41) is 15.5. The van der Waals surface area contributed by atoms with Gasteiger partial charge in [0.2, 0.25) is 10.0 Å². The van der Waals surface area contributed by atoms with E-state index in [-0.39, 0.29) is 11.3 Å². The number of aryl methyl sites for hydroxylation is 1. The van der Waals surface area contributed by atoms with E-state index in [1.807, 2.05) is 0 Å². The zero-order chi connectivity index (χ0) is 11.6. The normalized spacial score (nSPS) is 11.3. The van der Waals surface area contributed by atoms with E-state index in [0.717, 1.165) is 0 Å². The maximum Gasteiger partial charge on any atom is 0.273 e. The number of hydrogen-bond acceptors (Lipinski definition) is 4. The number of nitrogens with two attached hydrogens (primary N) is 1. The van der Waals surface area contributed by atoms with Crippen LogP contribution in [0.15, 0.2) is 18.2 Å². The monoisotopic (exact) mass is 230 g/mol. The highest BCUT2D eigenvalue weighted by atomic mass is 32.2. The summed E-state index contributed by atoms with van der Waals surface area (Å²) in [6.45, 7) is 1.60. The molecule has 0 aliphatic heterocycles. The SMILES string of the molecule is Cc1cccc([N+](=O)[O-])c1CS(N)(=O)=O. The topological polar surface area (TPSA) is 103 Å². The van der Waals surface area contributed by atoms with E-state index in [0.29, 0.717) is 5.56 Å². The molecule has 0 saturated heterocycles. The Bertz CT molecular complexity index is 495. The molecule has 1 rings (SSSR count). The molecule has 2 N–H and O–H groups in total. The van der Waals surface area contributed by atoms with Gasteiger partial charge in [0.25, 0.3) is 5.69 Å². The van der Waals surface area contributed by atoms with Crippen LogP contribution in [0.2, 0.25) is 0 Å². The molecule has 0 atom stereocenters. The predicted molar refractivity (Wildman–Crippen MR) is 54.6 cm³/mol. The van der Waals surface area contributed by atoms with Crippen molar-refractivity contribution in [2.24, 2.45) is 5.14 Å². The zero-order valence-corrected chi connectivity index (χ0v) is 8.82. The van der Waals surface area contributed by atoms with Crippen molar-refractivity contribution in [3.05, 3.63) is 39.4 Å². The summed E-state index contributed by atoms with van der Waals surface area (Å²) in [4.78, 5) is 10.0. The number of nitro groups is 1. The first-order valence-electron chi connectivity index (χ1n) is 4.04. The lowest BCUT2D eigenvalue weighted by Gasteiger charge is -2.04. The second-order valence-electron chi connectivity index (χ2n) is 3.14. The third kappa shape index (κ3) is 3.00. The van der Waals surface area contributed by atoms with E-state index >= 15 is 0 Å². The fourth-order valence-electron chi connectivity index (χ4n) is 1.25. The van der Waals surface area contributed by atoms with Crippen molar-refractivity contribution in [2.75, 3.05) is 0 Å². The summed E-state index contributed by atoms with van der Waals surface area (Å²) < 4.78 is 21.8. The largest absolute Gasteiger partial charge is 0.273 e. The number of primary sulfonamides is 1. The zero-order valence-electron chi connectivity index (χ0n) is 8.00. The van der Waals surface area contributed by atoms with Crippen LogP contribution in [0.4, 0.5) is 5.69 Å². The van der Waals surface area contributed by atoms with Crippen molar-refractivity contribution in [1.82, 2.24) is 0 Å². The maximum atomic E-state index is 10.9. The van der Waals surface area contributed by atoms with E-state index < -0.39 is 20.7 Å². The second-order valence-corrected chi connectivity index (χ2v) is 4.75. The highest BCUT2D eigenvalue weighted by Gasteiger charge is 2.19. The smallest absolute Gasteiger partial charge is 0.258 e. The summed E-state index contributed by atoms with van der Waals surface area (Å²) in [7, 11) is -3.76. The van der Waals surface area contributed by atoms with Crippen LogP contribution in [0.3, 0.4) is 0 Å². The van der Waals surface area contributed by atoms with Crippen molar-refractivity contribution in [2.45, 2.75) is 12.7 Å². The lowest BCUT2D eigenvalue weighted by Crippen LogP contribution is -2.16. The molecule has 0 spiro atoms. The van der Waals surface area contributed by atoms with E-state index in [2.05, 4.69) is 0 Å². The van der Waals surface area contributed by atoms with Crippen LogP contribution in [-0.4, -0.2) is 13.3 Å². The predicted octanol–water partition coefficient (Wildman–Crippen LogP) is 0.692. The number of sulfonamides is 1. The molecule has 1 aromatic rings. The van der Waals surface area contributed by atoms with Gasteiger partial charge in [0.05, 0.1) is 10.7 Å². The maximum absolute atomic E-state index is 10.9. The Morgan fingerprint density at radius 3 is 2.53 bits per heavy atom. The Hall–Kier alpha value is -1.47. The fraction of sp³-hybridized carbons (Fsp3) is 0.250. The molecule has 0 bridgehead atoms. The van der Waals surface area contributed by atoms with Crippen LogP contribution in [0.1, 0.15) is 11.1 Å². The van der Waals surface area contributed by atoms with Gasteiger partial charge in [-0.2, -0.15) is 0 Å². The molecule has 0 aliphatic rings. The summed E-state index contributed by atoms with van der Waals surface area (Å²) >= 11 is 0. The highest BCUT2D eigenvalue weighted by Crippen LogP contribution is 2.23. The quantitative estimate of drug-likeness (QED) is 0.609. The Kier molecular flexibility index (Phi) is 3.06. The van der Waals surface area contributed by atoms with Gasteiger partial charge in [-0.1, -0.05) is 12.1 Å². The van der Waals surface area contributed by atoms with Crippen LogP contribution in [0, 0.1) is 17.0 Å². The van der Waals surface area contributed by atoms with Gasteiger partial charge in [-0.05, 0) is 12.5 Å². The molecule has 0 saturated carbocycles. The Morgan fingerprint density at radius 2 is 2.07 bits per heavy atom. The Morgan fingerprint density at radius 1 is 1.47 bits per heavy atom. The van der Waals surface area contributed by atoms with E-state index in [4.69, 9.17) is 5.14 Å². The number of rotatable bonds is 3. The van der Waals surface area contributed by atoms with Crippen LogP contribution < -0.4 is 5.14 Å². The van der Waals surface area contributed by atoms with Crippen molar-refractivity contribution >= 4 is 15.7 Å². The molecule has 0 fully saturated rings. The molecule has 82 valence electrons. The standard InChI is InChI=1S/C8H10N2O4S/c1-6-3-2-4-8(10(11)12)7(6)5-15(9,13)14/h2-4H,5H2,1H3,(H2,9,13,14). The van der Waals surface area contributed by atoms with E-state index in [9.17, 15) is 18.5 Å². The van der Waals surface area contributed by atoms with Crippen molar-refractivity contribution < 1.29 is 13.3 Å². The number of nitrogens with zero attached hydrogens (tertiary/aromatic N) is 1. The van der Waals surface area contributed by atoms with E-state index in [1.165, 1.54) is 12.1 Å². The molecular formula is C8H10N2O4S. The molecule has 0 aliphatic carbocycles.